The van der Waals surface area contributed by atoms with E-state index >= 15 is 0 Å². The molecule has 0 unspecified atom stereocenters. The lowest BCUT2D eigenvalue weighted by Gasteiger charge is -2.16. The van der Waals surface area contributed by atoms with Crippen LogP contribution in [0.2, 0.25) is 0 Å². The molecular formula is C58H39N5. The molecule has 5 nitrogen and oxygen atoms in total. The smallest absolute Gasteiger partial charge is 0.166 e. The van der Waals surface area contributed by atoms with Crippen molar-refractivity contribution in [3.63, 3.8) is 0 Å². The third kappa shape index (κ3) is 6.29. The Kier molecular flexibility index (Phi) is 8.64. The zero-order valence-electron chi connectivity index (χ0n) is 34.5. The first kappa shape index (κ1) is 36.4. The molecule has 9 aromatic carbocycles. The van der Waals surface area contributed by atoms with Gasteiger partial charge in [0.25, 0.3) is 0 Å². The molecule has 0 atom stereocenters. The predicted molar refractivity (Wildman–Crippen MR) is 260 cm³/mol. The number of hydrogen-bond donors (Lipinski definition) is 0. The second kappa shape index (κ2) is 14.9. The second-order valence-electron chi connectivity index (χ2n) is 16.1. The van der Waals surface area contributed by atoms with Crippen molar-refractivity contribution in [2.75, 3.05) is 0 Å². The van der Waals surface area contributed by atoms with Gasteiger partial charge < -0.3 is 9.13 Å². The Bertz CT molecular complexity index is 3600. The van der Waals surface area contributed by atoms with Gasteiger partial charge in [0.15, 0.2) is 17.5 Å². The number of aryl methyl sites for hydroxylation is 1. The van der Waals surface area contributed by atoms with E-state index in [0.717, 1.165) is 55.7 Å². The van der Waals surface area contributed by atoms with Gasteiger partial charge in [-0.25, -0.2) is 15.0 Å². The number of benzene rings is 9. The van der Waals surface area contributed by atoms with Crippen LogP contribution in [0.15, 0.2) is 218 Å². The lowest BCUT2D eigenvalue weighted by molar-refractivity contribution is 1.06. The number of rotatable bonds is 7. The largest absolute Gasteiger partial charge is 0.309 e. The van der Waals surface area contributed by atoms with Gasteiger partial charge in [-0.2, -0.15) is 0 Å². The average Bonchev–Trinajstić information content (AvgIpc) is 3.87. The maximum atomic E-state index is 5.31. The van der Waals surface area contributed by atoms with Gasteiger partial charge in [0.2, 0.25) is 0 Å². The molecule has 296 valence electrons. The van der Waals surface area contributed by atoms with Crippen molar-refractivity contribution < 1.29 is 0 Å². The summed E-state index contributed by atoms with van der Waals surface area (Å²) in [6.07, 6.45) is 0. The lowest BCUT2D eigenvalue weighted by atomic mass is 9.99. The summed E-state index contributed by atoms with van der Waals surface area (Å²) in [5.74, 6) is 1.84. The van der Waals surface area contributed by atoms with E-state index in [9.17, 15) is 0 Å². The van der Waals surface area contributed by atoms with E-state index in [2.05, 4.69) is 198 Å². The summed E-state index contributed by atoms with van der Waals surface area (Å²) in [4.78, 5) is 15.7. The second-order valence-corrected chi connectivity index (χ2v) is 16.1. The van der Waals surface area contributed by atoms with Crippen LogP contribution in [0.4, 0.5) is 0 Å². The van der Waals surface area contributed by atoms with E-state index < -0.39 is 0 Å². The first-order valence-electron chi connectivity index (χ1n) is 21.4. The molecule has 63 heavy (non-hydrogen) atoms. The molecule has 3 heterocycles. The van der Waals surface area contributed by atoms with Gasteiger partial charge in [-0.15, -0.1) is 0 Å². The van der Waals surface area contributed by atoms with Gasteiger partial charge in [0, 0.05) is 43.9 Å². The summed E-state index contributed by atoms with van der Waals surface area (Å²) in [6, 6.07) is 77.6. The van der Waals surface area contributed by atoms with Gasteiger partial charge in [0.1, 0.15) is 0 Å². The molecule has 5 heteroatoms. The summed E-state index contributed by atoms with van der Waals surface area (Å²) in [6.45, 7) is 2.13. The normalized spacial score (nSPS) is 11.6. The fraction of sp³-hybridized carbons (Fsp3) is 0.0172. The van der Waals surface area contributed by atoms with E-state index in [4.69, 9.17) is 15.0 Å². The highest BCUT2D eigenvalue weighted by Crippen LogP contribution is 2.41. The van der Waals surface area contributed by atoms with Crippen LogP contribution in [-0.2, 0) is 0 Å². The van der Waals surface area contributed by atoms with E-state index in [1.165, 1.54) is 43.8 Å². The van der Waals surface area contributed by atoms with Crippen LogP contribution >= 0.6 is 0 Å². The Morgan fingerprint density at radius 3 is 1.33 bits per heavy atom. The summed E-state index contributed by atoms with van der Waals surface area (Å²) in [5.41, 5.74) is 15.2. The predicted octanol–water partition coefficient (Wildman–Crippen LogP) is 14.7. The van der Waals surface area contributed by atoms with Gasteiger partial charge in [-0.1, -0.05) is 163 Å². The monoisotopic (exact) mass is 805 g/mol. The topological polar surface area (TPSA) is 48.5 Å². The fourth-order valence-corrected chi connectivity index (χ4v) is 9.18. The lowest BCUT2D eigenvalue weighted by Crippen LogP contribution is -2.04. The summed E-state index contributed by atoms with van der Waals surface area (Å²) < 4.78 is 4.74. The van der Waals surface area contributed by atoms with Gasteiger partial charge in [0.05, 0.1) is 27.8 Å². The number of aromatic nitrogens is 5. The summed E-state index contributed by atoms with van der Waals surface area (Å²) >= 11 is 0. The highest BCUT2D eigenvalue weighted by atomic mass is 15.1. The van der Waals surface area contributed by atoms with Gasteiger partial charge >= 0.3 is 0 Å². The molecule has 0 radical (unpaired) electrons. The molecule has 0 fully saturated rings. The molecule has 0 bridgehead atoms. The third-order valence-corrected chi connectivity index (χ3v) is 12.3. The molecule has 0 aliphatic rings. The molecule has 0 saturated carbocycles. The quantitative estimate of drug-likeness (QED) is 0.161. The maximum absolute atomic E-state index is 5.31. The first-order valence-corrected chi connectivity index (χ1v) is 21.4. The number of hydrogen-bond acceptors (Lipinski definition) is 3. The standard InChI is InChI=1S/C58H39N5/c1-38-25-27-39(28-26-38)42-29-33-54-49(35-42)47-22-12-14-24-52(47)63(54)55-34-31-44(43-30-32-53-48(36-43)46-21-11-13-23-51(46)62(53)45-19-9-4-10-20-45)37-50(55)58-60-56(40-15-5-2-6-16-40)59-57(61-58)41-17-7-3-8-18-41/h2-37H,1H3. The average molecular weight is 806 g/mol. The van der Waals surface area contributed by atoms with E-state index in [1.54, 1.807) is 0 Å². The molecule has 12 aromatic rings. The molecule has 0 N–H and O–H groups in total. The van der Waals surface area contributed by atoms with Crippen LogP contribution in [0, 0.1) is 6.92 Å². The molecule has 0 saturated heterocycles. The summed E-state index contributed by atoms with van der Waals surface area (Å²) in [7, 11) is 0. The van der Waals surface area contributed by atoms with Crippen LogP contribution in [0.5, 0.6) is 0 Å². The van der Waals surface area contributed by atoms with Crippen molar-refractivity contribution in [2.24, 2.45) is 0 Å². The van der Waals surface area contributed by atoms with Crippen molar-refractivity contribution in [1.82, 2.24) is 24.1 Å². The van der Waals surface area contributed by atoms with Gasteiger partial charge in [-0.3, -0.25) is 0 Å². The van der Waals surface area contributed by atoms with Crippen LogP contribution in [0.25, 0.3) is 111 Å². The molecule has 0 aliphatic heterocycles. The maximum Gasteiger partial charge on any atom is 0.166 e. The van der Waals surface area contributed by atoms with Crippen molar-refractivity contribution in [1.29, 1.82) is 0 Å². The van der Waals surface area contributed by atoms with Crippen LogP contribution in [0.1, 0.15) is 5.56 Å². The number of para-hydroxylation sites is 3. The number of nitrogens with zero attached hydrogens (tertiary/aromatic N) is 5. The highest BCUT2D eigenvalue weighted by molar-refractivity contribution is 6.12. The molecule has 0 spiro atoms. The van der Waals surface area contributed by atoms with Gasteiger partial charge in [-0.05, 0) is 89.8 Å². The Morgan fingerprint density at radius 1 is 0.302 bits per heavy atom. The van der Waals surface area contributed by atoms with Crippen LogP contribution in [-0.4, -0.2) is 24.1 Å². The van der Waals surface area contributed by atoms with E-state index in [1.807, 2.05) is 36.4 Å². The number of fused-ring (bicyclic) bond motifs is 6. The van der Waals surface area contributed by atoms with Crippen LogP contribution < -0.4 is 0 Å². The van der Waals surface area contributed by atoms with Crippen molar-refractivity contribution in [3.8, 4) is 67.8 Å². The van der Waals surface area contributed by atoms with Crippen molar-refractivity contribution in [2.45, 2.75) is 6.92 Å². The zero-order chi connectivity index (χ0) is 41.9. The molecule has 0 amide bonds. The highest BCUT2D eigenvalue weighted by Gasteiger charge is 2.21. The molecule has 3 aromatic heterocycles. The minimum absolute atomic E-state index is 0.600. The molecule has 12 rings (SSSR count). The van der Waals surface area contributed by atoms with E-state index in [0.29, 0.717) is 17.5 Å². The minimum atomic E-state index is 0.600. The van der Waals surface area contributed by atoms with Crippen molar-refractivity contribution in [3.05, 3.63) is 224 Å². The first-order chi connectivity index (χ1) is 31.1. The Morgan fingerprint density at radius 2 is 0.730 bits per heavy atom. The van der Waals surface area contributed by atoms with Crippen molar-refractivity contribution >= 4 is 43.6 Å². The Balaban J connectivity index is 1.12. The van der Waals surface area contributed by atoms with Crippen LogP contribution in [0.3, 0.4) is 0 Å². The van der Waals surface area contributed by atoms with E-state index in [-0.39, 0.29) is 0 Å². The SMILES string of the molecule is Cc1ccc(-c2ccc3c(c2)c2ccccc2n3-c2ccc(-c3ccc4c(c3)c3ccccc3n4-c3ccccc3)cc2-c2nc(-c3ccccc3)nc(-c3ccccc3)n2)cc1. The molecule has 0 aliphatic carbocycles. The molecular weight excluding hydrogens is 767 g/mol. The summed E-state index contributed by atoms with van der Waals surface area (Å²) in [5, 5.41) is 4.77. The third-order valence-electron chi connectivity index (χ3n) is 12.3. The minimum Gasteiger partial charge on any atom is -0.309 e. The Labute approximate surface area is 364 Å². The Hall–Kier alpha value is -8.41. The fourth-order valence-electron chi connectivity index (χ4n) is 9.18. The zero-order valence-corrected chi connectivity index (χ0v) is 34.5.